The van der Waals surface area contributed by atoms with Crippen molar-refractivity contribution >= 4 is 43.6 Å². The molecule has 2 aromatic carbocycles. The second-order valence-electron chi connectivity index (χ2n) is 6.85. The molecule has 32 heavy (non-hydrogen) atoms. The van der Waals surface area contributed by atoms with Crippen LogP contribution in [0.15, 0.2) is 77.3 Å². The topological polar surface area (TPSA) is 101 Å². The normalized spacial score (nSPS) is 11.2. The summed E-state index contributed by atoms with van der Waals surface area (Å²) in [7, 11) is -3.58. The Morgan fingerprint density at radius 3 is 2.56 bits per heavy atom. The van der Waals surface area contributed by atoms with Crippen LogP contribution in [-0.4, -0.2) is 30.5 Å². The van der Waals surface area contributed by atoms with Crippen molar-refractivity contribution in [2.75, 3.05) is 16.9 Å². The van der Waals surface area contributed by atoms with Crippen LogP contribution >= 0.6 is 11.3 Å². The zero-order valence-electron chi connectivity index (χ0n) is 16.7. The number of hydrogen-bond donors (Lipinski definition) is 2. The number of nitrogens with zero attached hydrogens (tertiary/aromatic N) is 2. The number of carbonyl (C=O) groups is 1. The molecule has 0 aliphatic carbocycles. The van der Waals surface area contributed by atoms with Gasteiger partial charge in [-0.25, -0.2) is 17.8 Å². The highest BCUT2D eigenvalue weighted by atomic mass is 32.2. The number of nitrogens with one attached hydrogen (secondary N) is 2. The van der Waals surface area contributed by atoms with Crippen LogP contribution < -0.4 is 10.6 Å². The summed E-state index contributed by atoms with van der Waals surface area (Å²) in [6.07, 6.45) is 4.40. The minimum absolute atomic E-state index is 0.0282. The van der Waals surface area contributed by atoms with Crippen molar-refractivity contribution in [3.05, 3.63) is 83.8 Å². The molecule has 0 saturated heterocycles. The molecule has 0 radical (unpaired) electrons. The molecule has 4 aromatic rings. The average Bonchev–Trinajstić information content (AvgIpc) is 3.22. The fourth-order valence-electron chi connectivity index (χ4n) is 2.96. The number of anilines is 3. The smallest absolute Gasteiger partial charge is 0.255 e. The second kappa shape index (κ2) is 8.85. The first-order valence-corrected chi connectivity index (χ1v) is 12.1. The highest BCUT2D eigenvalue weighted by molar-refractivity contribution is 7.90. The van der Waals surface area contributed by atoms with Crippen molar-refractivity contribution in [3.63, 3.8) is 0 Å². The van der Waals surface area contributed by atoms with Crippen LogP contribution in [0, 0.1) is 5.82 Å². The van der Waals surface area contributed by atoms with Gasteiger partial charge in [-0.2, -0.15) is 0 Å². The van der Waals surface area contributed by atoms with Crippen LogP contribution in [0.2, 0.25) is 0 Å². The van der Waals surface area contributed by atoms with Crippen LogP contribution in [0.25, 0.3) is 11.3 Å². The second-order valence-corrected chi connectivity index (χ2v) is 9.69. The van der Waals surface area contributed by atoms with Crippen molar-refractivity contribution in [1.29, 1.82) is 0 Å². The lowest BCUT2D eigenvalue weighted by Crippen LogP contribution is -2.13. The van der Waals surface area contributed by atoms with Gasteiger partial charge in [-0.1, -0.05) is 6.07 Å². The highest BCUT2D eigenvalue weighted by Gasteiger charge is 2.18. The third-order valence-corrected chi connectivity index (χ3v) is 6.36. The Balaban J connectivity index is 1.64. The predicted octanol–water partition coefficient (Wildman–Crippen LogP) is 4.74. The maximum absolute atomic E-state index is 13.4. The average molecular weight is 469 g/mol. The summed E-state index contributed by atoms with van der Waals surface area (Å²) >= 11 is 1.30. The van der Waals surface area contributed by atoms with Gasteiger partial charge in [0.25, 0.3) is 5.91 Å². The molecule has 0 unspecified atom stereocenters. The first kappa shape index (κ1) is 21.6. The van der Waals surface area contributed by atoms with Crippen LogP contribution in [0.3, 0.4) is 0 Å². The summed E-state index contributed by atoms with van der Waals surface area (Å²) in [5, 5.41) is 7.90. The van der Waals surface area contributed by atoms with E-state index in [9.17, 15) is 17.6 Å². The van der Waals surface area contributed by atoms with Gasteiger partial charge in [0.2, 0.25) is 0 Å². The lowest BCUT2D eigenvalue weighted by Gasteiger charge is -2.12. The third kappa shape index (κ3) is 4.98. The molecular formula is C22H17FN4O3S2. The summed E-state index contributed by atoms with van der Waals surface area (Å²) in [5.41, 5.74) is 2.29. The van der Waals surface area contributed by atoms with Gasteiger partial charge in [0.05, 0.1) is 16.3 Å². The van der Waals surface area contributed by atoms with E-state index >= 15 is 0 Å². The molecule has 4 rings (SSSR count). The molecule has 0 bridgehead atoms. The standard InChI is InChI=1S/C22H17FN4O3S2/c1-32(29,30)20-6-5-15(21(28)25-17-4-2-3-16(23)12-17)11-18(20)26-22-27-19(13-31-22)14-7-9-24-10-8-14/h2-13H,1H3,(H,25,28)(H,26,27). The summed E-state index contributed by atoms with van der Waals surface area (Å²) in [4.78, 5) is 21.2. The van der Waals surface area contributed by atoms with Crippen LogP contribution in [0.1, 0.15) is 10.4 Å². The lowest BCUT2D eigenvalue weighted by molar-refractivity contribution is 0.102. The lowest BCUT2D eigenvalue weighted by atomic mass is 10.1. The molecule has 2 heterocycles. The molecular weight excluding hydrogens is 451 g/mol. The van der Waals surface area contributed by atoms with Gasteiger partial charge in [0.1, 0.15) is 5.82 Å². The van der Waals surface area contributed by atoms with Gasteiger partial charge in [-0.15, -0.1) is 11.3 Å². The third-order valence-electron chi connectivity index (χ3n) is 4.45. The largest absolute Gasteiger partial charge is 0.330 e. The molecule has 0 atom stereocenters. The van der Waals surface area contributed by atoms with Crippen LogP contribution in [0.5, 0.6) is 0 Å². The van der Waals surface area contributed by atoms with Crippen LogP contribution in [-0.2, 0) is 9.84 Å². The molecule has 0 aliphatic heterocycles. The Hall–Kier alpha value is -3.63. The molecule has 2 aromatic heterocycles. The summed E-state index contributed by atoms with van der Waals surface area (Å²) in [6.45, 7) is 0. The molecule has 0 aliphatic rings. The SMILES string of the molecule is CS(=O)(=O)c1ccc(C(=O)Nc2cccc(F)c2)cc1Nc1nc(-c2ccncc2)cs1. The molecule has 7 nitrogen and oxygen atoms in total. The predicted molar refractivity (Wildman–Crippen MR) is 123 cm³/mol. The molecule has 10 heteroatoms. The zero-order chi connectivity index (χ0) is 22.7. The Morgan fingerprint density at radius 2 is 1.84 bits per heavy atom. The van der Waals surface area contributed by atoms with Crippen LogP contribution in [0.4, 0.5) is 20.9 Å². The van der Waals surface area contributed by atoms with Crippen molar-refractivity contribution in [2.45, 2.75) is 4.90 Å². The number of halogens is 1. The number of rotatable bonds is 6. The number of thiazole rings is 1. The monoisotopic (exact) mass is 468 g/mol. The number of hydrogen-bond acceptors (Lipinski definition) is 7. The Labute approximate surface area is 187 Å². The van der Waals surface area contributed by atoms with E-state index in [1.54, 1.807) is 18.5 Å². The van der Waals surface area contributed by atoms with Gasteiger partial charge in [-0.3, -0.25) is 9.78 Å². The maximum Gasteiger partial charge on any atom is 0.255 e. The van der Waals surface area contributed by atoms with Gasteiger partial charge in [-0.05, 0) is 48.5 Å². The van der Waals surface area contributed by atoms with Crippen molar-refractivity contribution in [3.8, 4) is 11.3 Å². The number of carbonyl (C=O) groups excluding carboxylic acids is 1. The summed E-state index contributed by atoms with van der Waals surface area (Å²) in [5.74, 6) is -0.985. The van der Waals surface area contributed by atoms with Gasteiger partial charge >= 0.3 is 0 Å². The van der Waals surface area contributed by atoms with Crippen molar-refractivity contribution in [1.82, 2.24) is 9.97 Å². The first-order chi connectivity index (χ1) is 15.3. The summed E-state index contributed by atoms with van der Waals surface area (Å²) < 4.78 is 37.9. The Morgan fingerprint density at radius 1 is 1.06 bits per heavy atom. The number of pyridine rings is 1. The molecule has 162 valence electrons. The zero-order valence-corrected chi connectivity index (χ0v) is 18.4. The fraction of sp³-hybridized carbons (Fsp3) is 0.0455. The van der Waals surface area contributed by atoms with Gasteiger partial charge in [0, 0.05) is 40.8 Å². The minimum atomic E-state index is -3.58. The highest BCUT2D eigenvalue weighted by Crippen LogP contribution is 2.31. The number of aromatic nitrogens is 2. The summed E-state index contributed by atoms with van der Waals surface area (Å²) in [6, 6.07) is 13.3. The molecule has 2 N–H and O–H groups in total. The van der Waals surface area contributed by atoms with E-state index in [1.807, 2.05) is 17.5 Å². The van der Waals surface area contributed by atoms with E-state index in [4.69, 9.17) is 0 Å². The van der Waals surface area contributed by atoms with Crippen molar-refractivity contribution in [2.24, 2.45) is 0 Å². The van der Waals surface area contributed by atoms with E-state index in [0.29, 0.717) is 16.5 Å². The number of benzene rings is 2. The van der Waals surface area contributed by atoms with Crippen molar-refractivity contribution < 1.29 is 17.6 Å². The Kier molecular flexibility index (Phi) is 5.97. The Bertz CT molecular complexity index is 1390. The van der Waals surface area contributed by atoms with Gasteiger partial charge < -0.3 is 10.6 Å². The van der Waals surface area contributed by atoms with E-state index in [0.717, 1.165) is 11.8 Å². The molecule has 0 saturated carbocycles. The van der Waals surface area contributed by atoms with E-state index < -0.39 is 21.6 Å². The number of amides is 1. The molecule has 1 amide bonds. The minimum Gasteiger partial charge on any atom is -0.330 e. The maximum atomic E-state index is 13.4. The van der Waals surface area contributed by atoms with Gasteiger partial charge in [0.15, 0.2) is 15.0 Å². The molecule has 0 spiro atoms. The fourth-order valence-corrected chi connectivity index (χ4v) is 4.52. The number of sulfone groups is 1. The van der Waals surface area contributed by atoms with E-state index in [1.165, 1.54) is 47.7 Å². The van der Waals surface area contributed by atoms with E-state index in [-0.39, 0.29) is 16.1 Å². The van der Waals surface area contributed by atoms with E-state index in [2.05, 4.69) is 20.6 Å². The molecule has 0 fully saturated rings. The first-order valence-electron chi connectivity index (χ1n) is 9.33. The quantitative estimate of drug-likeness (QED) is 0.424.